The van der Waals surface area contributed by atoms with Gasteiger partial charge in [-0.15, -0.1) is 6.58 Å². The highest BCUT2D eigenvalue weighted by Crippen LogP contribution is 2.32. The van der Waals surface area contributed by atoms with E-state index in [9.17, 15) is 4.79 Å². The maximum absolute atomic E-state index is 11.8. The molecule has 3 rings (SSSR count). The van der Waals surface area contributed by atoms with Crippen LogP contribution in [0.3, 0.4) is 0 Å². The number of carbonyl (C=O) groups excluding carboxylic acids is 1. The molecule has 2 saturated heterocycles. The van der Waals surface area contributed by atoms with Crippen LogP contribution in [0.1, 0.15) is 23.2 Å². The maximum atomic E-state index is 11.8. The molecule has 1 amide bonds. The fourth-order valence-electron chi connectivity index (χ4n) is 2.70. The number of hydrogen-bond donors (Lipinski definition) is 1. The van der Waals surface area contributed by atoms with Crippen molar-refractivity contribution in [2.24, 2.45) is 0 Å². The Hall–Kier alpha value is -1.99. The summed E-state index contributed by atoms with van der Waals surface area (Å²) < 4.78 is 11.4. The van der Waals surface area contributed by atoms with Crippen LogP contribution in [0, 0.1) is 0 Å². The summed E-state index contributed by atoms with van der Waals surface area (Å²) >= 11 is 0. The molecular weight excluding hydrogens is 284 g/mol. The number of nitrogens with one attached hydrogen (secondary N) is 1. The number of rotatable bonds is 4. The lowest BCUT2D eigenvalue weighted by Gasteiger charge is -2.37. The van der Waals surface area contributed by atoms with Gasteiger partial charge in [0.2, 0.25) is 5.95 Å². The van der Waals surface area contributed by atoms with Crippen LogP contribution >= 0.6 is 0 Å². The van der Waals surface area contributed by atoms with Gasteiger partial charge in [-0.2, -0.15) is 0 Å². The number of ether oxygens (including phenoxy) is 2. The SMILES string of the molecule is C=CCNC(=O)c1cnc(N2CCC3(CC2)OCCO3)nc1. The van der Waals surface area contributed by atoms with Crippen molar-refractivity contribution < 1.29 is 14.3 Å². The van der Waals surface area contributed by atoms with Crippen molar-refractivity contribution in [1.29, 1.82) is 0 Å². The van der Waals surface area contributed by atoms with Gasteiger partial charge < -0.3 is 19.7 Å². The average Bonchev–Trinajstić information content (AvgIpc) is 3.02. The van der Waals surface area contributed by atoms with Crippen molar-refractivity contribution in [3.05, 3.63) is 30.6 Å². The number of piperidine rings is 1. The highest BCUT2D eigenvalue weighted by atomic mass is 16.7. The molecular formula is C15H20N4O3. The molecule has 22 heavy (non-hydrogen) atoms. The van der Waals surface area contributed by atoms with Crippen LogP contribution in [-0.2, 0) is 9.47 Å². The first kappa shape index (κ1) is 14.9. The summed E-state index contributed by atoms with van der Waals surface area (Å²) in [4.78, 5) is 22.4. The van der Waals surface area contributed by atoms with Crippen molar-refractivity contribution in [2.45, 2.75) is 18.6 Å². The summed E-state index contributed by atoms with van der Waals surface area (Å²) in [6.45, 7) is 6.89. The summed E-state index contributed by atoms with van der Waals surface area (Å²) in [5.41, 5.74) is 0.446. The van der Waals surface area contributed by atoms with Gasteiger partial charge in [-0.1, -0.05) is 6.08 Å². The monoisotopic (exact) mass is 304 g/mol. The largest absolute Gasteiger partial charge is 0.348 e. The van der Waals surface area contributed by atoms with Crippen molar-refractivity contribution in [3.8, 4) is 0 Å². The predicted molar refractivity (Wildman–Crippen MR) is 80.6 cm³/mol. The third-order valence-corrected chi connectivity index (χ3v) is 3.93. The molecule has 2 fully saturated rings. The van der Waals surface area contributed by atoms with Crippen LogP contribution in [0.2, 0.25) is 0 Å². The standard InChI is InChI=1S/C15H20N4O3/c1-2-5-16-13(20)12-10-17-14(18-11-12)19-6-3-15(4-7-19)21-8-9-22-15/h2,10-11H,1,3-9H2,(H,16,20). The summed E-state index contributed by atoms with van der Waals surface area (Å²) in [5, 5.41) is 2.70. The quantitative estimate of drug-likeness (QED) is 0.827. The first-order chi connectivity index (χ1) is 10.7. The first-order valence-corrected chi connectivity index (χ1v) is 7.46. The number of nitrogens with zero attached hydrogens (tertiary/aromatic N) is 3. The highest BCUT2D eigenvalue weighted by Gasteiger charge is 2.40. The summed E-state index contributed by atoms with van der Waals surface area (Å²) in [7, 11) is 0. The molecule has 1 N–H and O–H groups in total. The van der Waals surface area contributed by atoms with E-state index in [0.29, 0.717) is 31.3 Å². The van der Waals surface area contributed by atoms with Gasteiger partial charge in [-0.25, -0.2) is 9.97 Å². The van der Waals surface area contributed by atoms with Crippen LogP contribution in [0.4, 0.5) is 5.95 Å². The lowest BCUT2D eigenvalue weighted by Crippen LogP contribution is -2.45. The Morgan fingerprint density at radius 1 is 1.32 bits per heavy atom. The van der Waals surface area contributed by atoms with Gasteiger partial charge in [0, 0.05) is 44.9 Å². The van der Waals surface area contributed by atoms with Gasteiger partial charge in [-0.05, 0) is 0 Å². The van der Waals surface area contributed by atoms with Gasteiger partial charge in [0.15, 0.2) is 5.79 Å². The van der Waals surface area contributed by atoms with E-state index >= 15 is 0 Å². The number of amides is 1. The van der Waals surface area contributed by atoms with E-state index in [4.69, 9.17) is 9.47 Å². The van der Waals surface area contributed by atoms with E-state index in [1.165, 1.54) is 0 Å². The van der Waals surface area contributed by atoms with E-state index < -0.39 is 5.79 Å². The van der Waals surface area contributed by atoms with Crippen LogP contribution in [-0.4, -0.2) is 54.5 Å². The average molecular weight is 304 g/mol. The normalized spacial score (nSPS) is 20.1. The molecule has 0 saturated carbocycles. The highest BCUT2D eigenvalue weighted by molar-refractivity contribution is 5.93. The molecule has 7 nitrogen and oxygen atoms in total. The second kappa shape index (κ2) is 6.41. The van der Waals surface area contributed by atoms with Crippen molar-refractivity contribution >= 4 is 11.9 Å². The van der Waals surface area contributed by atoms with Gasteiger partial charge in [0.05, 0.1) is 18.8 Å². The zero-order valence-electron chi connectivity index (χ0n) is 12.5. The molecule has 118 valence electrons. The van der Waals surface area contributed by atoms with E-state index in [2.05, 4.69) is 26.8 Å². The lowest BCUT2D eigenvalue weighted by molar-refractivity contribution is -0.169. The van der Waals surface area contributed by atoms with Crippen molar-refractivity contribution in [1.82, 2.24) is 15.3 Å². The minimum atomic E-state index is -0.402. The molecule has 0 radical (unpaired) electrons. The maximum Gasteiger partial charge on any atom is 0.254 e. The second-order valence-corrected chi connectivity index (χ2v) is 5.37. The van der Waals surface area contributed by atoms with Crippen molar-refractivity contribution in [2.75, 3.05) is 37.7 Å². The summed E-state index contributed by atoms with van der Waals surface area (Å²) in [5.74, 6) is 0.0333. The molecule has 1 spiro atoms. The number of aromatic nitrogens is 2. The molecule has 0 aromatic carbocycles. The fraction of sp³-hybridized carbons (Fsp3) is 0.533. The van der Waals surface area contributed by atoms with Crippen molar-refractivity contribution in [3.63, 3.8) is 0 Å². The minimum Gasteiger partial charge on any atom is -0.348 e. The van der Waals surface area contributed by atoms with Crippen LogP contribution in [0.5, 0.6) is 0 Å². The second-order valence-electron chi connectivity index (χ2n) is 5.37. The third-order valence-electron chi connectivity index (χ3n) is 3.93. The number of anilines is 1. The van der Waals surface area contributed by atoms with Gasteiger partial charge >= 0.3 is 0 Å². The van der Waals surface area contributed by atoms with E-state index in [0.717, 1.165) is 25.9 Å². The topological polar surface area (TPSA) is 76.6 Å². The lowest BCUT2D eigenvalue weighted by atomic mass is 10.0. The van der Waals surface area contributed by atoms with E-state index in [1.54, 1.807) is 18.5 Å². The fourth-order valence-corrected chi connectivity index (χ4v) is 2.70. The van der Waals surface area contributed by atoms with Crippen LogP contribution in [0.25, 0.3) is 0 Å². The molecule has 7 heteroatoms. The molecule has 0 atom stereocenters. The van der Waals surface area contributed by atoms with Gasteiger partial charge in [0.1, 0.15) is 0 Å². The molecule has 2 aliphatic rings. The zero-order chi connectivity index (χ0) is 15.4. The third kappa shape index (κ3) is 3.10. The smallest absolute Gasteiger partial charge is 0.254 e. The Morgan fingerprint density at radius 2 is 1.95 bits per heavy atom. The molecule has 0 unspecified atom stereocenters. The van der Waals surface area contributed by atoms with Gasteiger partial charge in [-0.3, -0.25) is 4.79 Å². The van der Waals surface area contributed by atoms with Crippen LogP contribution in [0.15, 0.2) is 25.0 Å². The molecule has 2 aliphatic heterocycles. The molecule has 1 aromatic heterocycles. The minimum absolute atomic E-state index is 0.197. The van der Waals surface area contributed by atoms with Gasteiger partial charge in [0.25, 0.3) is 5.91 Å². The Labute approximate surface area is 129 Å². The van der Waals surface area contributed by atoms with E-state index in [1.807, 2.05) is 0 Å². The molecule has 0 bridgehead atoms. The van der Waals surface area contributed by atoms with Crippen LogP contribution < -0.4 is 10.2 Å². The molecule has 1 aromatic rings. The Kier molecular flexibility index (Phi) is 4.35. The Bertz CT molecular complexity index is 530. The number of hydrogen-bond acceptors (Lipinski definition) is 6. The van der Waals surface area contributed by atoms with E-state index in [-0.39, 0.29) is 5.91 Å². The predicted octanol–water partition coefficient (Wildman–Crippen LogP) is 0.736. The Morgan fingerprint density at radius 3 is 2.55 bits per heavy atom. The molecule has 0 aliphatic carbocycles. The first-order valence-electron chi connectivity index (χ1n) is 7.46. The molecule has 3 heterocycles. The Balaban J connectivity index is 1.59. The zero-order valence-corrected chi connectivity index (χ0v) is 12.5. The number of carbonyl (C=O) groups is 1. The summed E-state index contributed by atoms with van der Waals surface area (Å²) in [6, 6.07) is 0. The summed E-state index contributed by atoms with van der Waals surface area (Å²) in [6.07, 6.45) is 6.33.